The minimum Gasteiger partial charge on any atom is -0.441 e. The Bertz CT molecular complexity index is 1150. The van der Waals surface area contributed by atoms with Crippen molar-refractivity contribution in [3.05, 3.63) is 71.8 Å². The minimum absolute atomic E-state index is 0.00110. The molecule has 1 aliphatic rings. The summed E-state index contributed by atoms with van der Waals surface area (Å²) < 4.78 is 5.79. The number of alkyl carbamates (subject to hydrolysis) is 1. The van der Waals surface area contributed by atoms with Crippen LogP contribution >= 0.6 is 0 Å². The zero-order chi connectivity index (χ0) is 28.4. The van der Waals surface area contributed by atoms with Crippen molar-refractivity contribution in [2.45, 2.75) is 57.7 Å². The SMILES string of the molecule is CC(C)CC(NC(=O)OC(Cc1ccccc1)c1ccccc1)C(=O)NC(C[C@@H]1CCNC1=O)C(=O)C(N)=O. The fourth-order valence-corrected chi connectivity index (χ4v) is 4.56. The summed E-state index contributed by atoms with van der Waals surface area (Å²) in [6, 6.07) is 16.5. The molecule has 3 unspecified atom stereocenters. The van der Waals surface area contributed by atoms with Crippen LogP contribution in [0.5, 0.6) is 0 Å². The average Bonchev–Trinajstić information content (AvgIpc) is 3.31. The van der Waals surface area contributed by atoms with Crippen molar-refractivity contribution in [2.75, 3.05) is 6.54 Å². The van der Waals surface area contributed by atoms with Gasteiger partial charge in [0.15, 0.2) is 0 Å². The molecule has 1 heterocycles. The summed E-state index contributed by atoms with van der Waals surface area (Å²) in [6.45, 7) is 4.21. The van der Waals surface area contributed by atoms with Crippen molar-refractivity contribution in [1.29, 1.82) is 0 Å². The van der Waals surface area contributed by atoms with Gasteiger partial charge in [-0.05, 0) is 36.3 Å². The number of hydrogen-bond donors (Lipinski definition) is 4. The Balaban J connectivity index is 1.73. The number of nitrogens with one attached hydrogen (secondary N) is 3. The first kappa shape index (κ1) is 29.3. The van der Waals surface area contributed by atoms with Crippen molar-refractivity contribution in [3.8, 4) is 0 Å². The van der Waals surface area contributed by atoms with E-state index in [1.165, 1.54) is 0 Å². The molecule has 0 bridgehead atoms. The minimum atomic E-state index is -1.29. The summed E-state index contributed by atoms with van der Waals surface area (Å²) in [5.41, 5.74) is 6.97. The first-order chi connectivity index (χ1) is 18.6. The molecule has 0 aliphatic carbocycles. The van der Waals surface area contributed by atoms with Gasteiger partial charge in [0, 0.05) is 18.9 Å². The van der Waals surface area contributed by atoms with Crippen LogP contribution < -0.4 is 21.7 Å². The molecule has 1 fully saturated rings. The molecule has 0 spiro atoms. The Kier molecular flexibility index (Phi) is 10.6. The average molecular weight is 537 g/mol. The van der Waals surface area contributed by atoms with Crippen LogP contribution in [0.4, 0.5) is 4.79 Å². The maximum absolute atomic E-state index is 13.3. The number of primary amides is 1. The van der Waals surface area contributed by atoms with Crippen LogP contribution in [-0.2, 0) is 30.3 Å². The smallest absolute Gasteiger partial charge is 0.408 e. The summed E-state index contributed by atoms with van der Waals surface area (Å²) in [4.78, 5) is 62.5. The van der Waals surface area contributed by atoms with E-state index in [-0.39, 0.29) is 24.7 Å². The van der Waals surface area contributed by atoms with Gasteiger partial charge in [-0.3, -0.25) is 19.2 Å². The number of hydrogen-bond acceptors (Lipinski definition) is 6. The van der Waals surface area contributed by atoms with Crippen molar-refractivity contribution < 1.29 is 28.7 Å². The zero-order valence-corrected chi connectivity index (χ0v) is 22.2. The third-order valence-corrected chi connectivity index (χ3v) is 6.56. The molecule has 4 amide bonds. The lowest BCUT2D eigenvalue weighted by molar-refractivity contribution is -0.139. The Morgan fingerprint density at radius 3 is 2.18 bits per heavy atom. The van der Waals surface area contributed by atoms with E-state index in [0.29, 0.717) is 19.4 Å². The highest BCUT2D eigenvalue weighted by molar-refractivity contribution is 6.37. The molecular formula is C29H36N4O6. The Hall–Kier alpha value is -4.21. The van der Waals surface area contributed by atoms with Gasteiger partial charge >= 0.3 is 6.09 Å². The van der Waals surface area contributed by atoms with Gasteiger partial charge in [0.25, 0.3) is 5.91 Å². The number of amides is 4. The van der Waals surface area contributed by atoms with Crippen LogP contribution in [0.1, 0.15) is 50.3 Å². The molecule has 208 valence electrons. The molecule has 1 saturated heterocycles. The molecule has 0 radical (unpaired) electrons. The summed E-state index contributed by atoms with van der Waals surface area (Å²) in [7, 11) is 0. The molecule has 39 heavy (non-hydrogen) atoms. The Morgan fingerprint density at radius 1 is 0.974 bits per heavy atom. The van der Waals surface area contributed by atoms with Crippen LogP contribution in [0.3, 0.4) is 0 Å². The monoisotopic (exact) mass is 536 g/mol. The molecule has 0 saturated carbocycles. The highest BCUT2D eigenvalue weighted by Crippen LogP contribution is 2.23. The lowest BCUT2D eigenvalue weighted by atomic mass is 9.94. The number of nitrogens with two attached hydrogens (primary N) is 1. The summed E-state index contributed by atoms with van der Waals surface area (Å²) in [5, 5.41) is 7.84. The van der Waals surface area contributed by atoms with Crippen LogP contribution in [0.15, 0.2) is 60.7 Å². The summed E-state index contributed by atoms with van der Waals surface area (Å²) >= 11 is 0. The molecular weight excluding hydrogens is 500 g/mol. The second-order valence-corrected chi connectivity index (χ2v) is 10.1. The number of Topliss-reactive ketones (excluding diaryl/α,β-unsaturated/α-hetero) is 1. The summed E-state index contributed by atoms with van der Waals surface area (Å²) in [6.07, 6.45) is -0.324. The quantitative estimate of drug-likeness (QED) is 0.288. The van der Waals surface area contributed by atoms with E-state index < -0.39 is 47.8 Å². The van der Waals surface area contributed by atoms with Gasteiger partial charge in [-0.25, -0.2) is 4.79 Å². The van der Waals surface area contributed by atoms with Crippen molar-refractivity contribution in [1.82, 2.24) is 16.0 Å². The van der Waals surface area contributed by atoms with Crippen molar-refractivity contribution in [2.24, 2.45) is 17.6 Å². The molecule has 5 N–H and O–H groups in total. The molecule has 1 aliphatic heterocycles. The van der Waals surface area contributed by atoms with Gasteiger partial charge in [-0.15, -0.1) is 0 Å². The van der Waals surface area contributed by atoms with Crippen LogP contribution in [0.2, 0.25) is 0 Å². The third-order valence-electron chi connectivity index (χ3n) is 6.56. The number of benzene rings is 2. The topological polar surface area (TPSA) is 157 Å². The van der Waals surface area contributed by atoms with Gasteiger partial charge in [0.1, 0.15) is 12.1 Å². The van der Waals surface area contributed by atoms with E-state index in [4.69, 9.17) is 10.5 Å². The maximum Gasteiger partial charge on any atom is 0.408 e. The predicted octanol–water partition coefficient (Wildman–Crippen LogP) is 2.18. The van der Waals surface area contributed by atoms with Crippen molar-refractivity contribution >= 4 is 29.6 Å². The maximum atomic E-state index is 13.3. The fourth-order valence-electron chi connectivity index (χ4n) is 4.56. The summed E-state index contributed by atoms with van der Waals surface area (Å²) in [5.74, 6) is -3.67. The number of rotatable bonds is 13. The number of carbonyl (C=O) groups excluding carboxylic acids is 5. The fraction of sp³-hybridized carbons (Fsp3) is 0.414. The first-order valence-corrected chi connectivity index (χ1v) is 13.1. The van der Waals surface area contributed by atoms with Gasteiger partial charge in [-0.2, -0.15) is 0 Å². The Labute approximate surface area is 228 Å². The van der Waals surface area contributed by atoms with E-state index in [2.05, 4.69) is 16.0 Å². The van der Waals surface area contributed by atoms with Gasteiger partial charge in [-0.1, -0.05) is 74.5 Å². The third kappa shape index (κ3) is 8.94. The molecule has 0 aromatic heterocycles. The zero-order valence-electron chi connectivity index (χ0n) is 22.2. The highest BCUT2D eigenvalue weighted by Gasteiger charge is 2.35. The van der Waals surface area contributed by atoms with E-state index in [0.717, 1.165) is 11.1 Å². The largest absolute Gasteiger partial charge is 0.441 e. The predicted molar refractivity (Wildman–Crippen MR) is 144 cm³/mol. The second-order valence-electron chi connectivity index (χ2n) is 10.1. The highest BCUT2D eigenvalue weighted by atomic mass is 16.6. The van der Waals surface area contributed by atoms with Crippen molar-refractivity contribution in [3.63, 3.8) is 0 Å². The lowest BCUT2D eigenvalue weighted by Crippen LogP contribution is -2.54. The van der Waals surface area contributed by atoms with Crippen LogP contribution in [0.25, 0.3) is 0 Å². The number of ether oxygens (including phenoxy) is 1. The Morgan fingerprint density at radius 2 is 1.62 bits per heavy atom. The van der Waals surface area contributed by atoms with Gasteiger partial charge in [0.2, 0.25) is 17.6 Å². The number of ketones is 1. The first-order valence-electron chi connectivity index (χ1n) is 13.1. The van der Waals surface area contributed by atoms with Crippen LogP contribution in [0, 0.1) is 11.8 Å². The molecule has 3 rings (SSSR count). The van der Waals surface area contributed by atoms with E-state index in [9.17, 15) is 24.0 Å². The molecule has 2 aromatic rings. The normalized spacial score (nSPS) is 17.0. The molecule has 10 nitrogen and oxygen atoms in total. The second kappa shape index (κ2) is 14.1. The van der Waals surface area contributed by atoms with Gasteiger partial charge < -0.3 is 26.4 Å². The number of carbonyl (C=O) groups is 5. The molecule has 4 atom stereocenters. The van der Waals surface area contributed by atoms with E-state index >= 15 is 0 Å². The van der Waals surface area contributed by atoms with E-state index in [1.54, 1.807) is 0 Å². The lowest BCUT2D eigenvalue weighted by Gasteiger charge is -2.25. The van der Waals surface area contributed by atoms with E-state index in [1.807, 2.05) is 74.5 Å². The standard InChI is InChI=1S/C29H36N4O6/c1-18(2)15-23(28(37)32-22(25(34)26(30)35)17-21-13-14-31-27(21)36)33-29(38)39-24(20-11-7-4-8-12-20)16-19-9-5-3-6-10-19/h3-12,18,21-24H,13-17H2,1-2H3,(H2,30,35)(H,31,36)(H,32,37)(H,33,38)/t21-,22?,23?,24?/m0/s1. The van der Waals surface area contributed by atoms with Crippen LogP contribution in [-0.4, -0.2) is 48.2 Å². The van der Waals surface area contributed by atoms with Gasteiger partial charge in [0.05, 0.1) is 6.04 Å². The molecule has 10 heteroatoms. The molecule has 2 aromatic carbocycles.